The summed E-state index contributed by atoms with van der Waals surface area (Å²) in [6.45, 7) is 3.58. The second-order valence-corrected chi connectivity index (χ2v) is 6.00. The largest absolute Gasteiger partial charge is 0.377 e. The maximum atomic E-state index is 14.1. The van der Waals surface area contributed by atoms with Crippen LogP contribution in [0, 0.1) is 5.82 Å². The number of hydrogen-bond donors (Lipinski definition) is 1. The van der Waals surface area contributed by atoms with Crippen LogP contribution < -0.4 is 5.32 Å². The summed E-state index contributed by atoms with van der Waals surface area (Å²) in [7, 11) is 0. The van der Waals surface area contributed by atoms with Crippen molar-refractivity contribution in [3.63, 3.8) is 0 Å². The van der Waals surface area contributed by atoms with Gasteiger partial charge < -0.3 is 19.7 Å². The highest BCUT2D eigenvalue weighted by atomic mass is 35.5. The van der Waals surface area contributed by atoms with Gasteiger partial charge in [0.15, 0.2) is 5.82 Å². The van der Waals surface area contributed by atoms with Crippen molar-refractivity contribution in [1.29, 1.82) is 0 Å². The van der Waals surface area contributed by atoms with Gasteiger partial charge in [0, 0.05) is 19.6 Å². The van der Waals surface area contributed by atoms with Gasteiger partial charge in [0.25, 0.3) is 5.91 Å². The van der Waals surface area contributed by atoms with Gasteiger partial charge in [-0.2, -0.15) is 0 Å². The number of ether oxygens (including phenoxy) is 2. The van der Waals surface area contributed by atoms with Gasteiger partial charge in [-0.05, 0) is 12.1 Å². The van der Waals surface area contributed by atoms with E-state index in [2.05, 4.69) is 5.32 Å². The average molecular weight is 329 g/mol. The lowest BCUT2D eigenvalue weighted by Crippen LogP contribution is -2.59. The lowest BCUT2D eigenvalue weighted by molar-refractivity contribution is -0.125. The van der Waals surface area contributed by atoms with E-state index in [1.165, 1.54) is 12.1 Å². The third-order valence-corrected chi connectivity index (χ3v) is 4.25. The van der Waals surface area contributed by atoms with Gasteiger partial charge in [-0.25, -0.2) is 4.39 Å². The summed E-state index contributed by atoms with van der Waals surface area (Å²) >= 11 is 5.76. The maximum Gasteiger partial charge on any atom is 0.257 e. The normalized spacial score (nSPS) is 26.0. The highest BCUT2D eigenvalue weighted by Gasteiger charge is 2.40. The van der Waals surface area contributed by atoms with Crippen molar-refractivity contribution in [2.24, 2.45) is 0 Å². The molecule has 2 aliphatic heterocycles. The highest BCUT2D eigenvalue weighted by Crippen LogP contribution is 2.24. The van der Waals surface area contributed by atoms with Crippen molar-refractivity contribution in [2.45, 2.75) is 5.60 Å². The Hall–Kier alpha value is -1.21. The molecule has 1 aromatic carbocycles. The molecular weight excluding hydrogens is 311 g/mol. The van der Waals surface area contributed by atoms with Crippen LogP contribution in [-0.4, -0.2) is 62.4 Å². The molecule has 1 N–H and O–H groups in total. The zero-order valence-corrected chi connectivity index (χ0v) is 12.9. The quantitative estimate of drug-likeness (QED) is 0.844. The Bertz CT molecular complexity index is 562. The number of nitrogens with one attached hydrogen (secondary N) is 1. The molecule has 5 nitrogen and oxygen atoms in total. The SMILES string of the molecule is O=C(c1cccc(Cl)c1F)N1CCOC2(CNCCOC2)C1. The third-order valence-electron chi connectivity index (χ3n) is 3.95. The molecule has 0 aromatic heterocycles. The van der Waals surface area contributed by atoms with Gasteiger partial charge in [0.1, 0.15) is 5.60 Å². The molecule has 22 heavy (non-hydrogen) atoms. The molecule has 1 unspecified atom stereocenters. The minimum absolute atomic E-state index is 0.00736. The van der Waals surface area contributed by atoms with Crippen LogP contribution in [0.15, 0.2) is 18.2 Å². The zero-order chi connectivity index (χ0) is 15.6. The molecule has 2 heterocycles. The Morgan fingerprint density at radius 2 is 2.27 bits per heavy atom. The molecule has 3 rings (SSSR count). The van der Waals surface area contributed by atoms with Crippen molar-refractivity contribution in [2.75, 3.05) is 46.0 Å². The standard InChI is InChI=1S/C15H18ClFN2O3/c16-12-3-1-2-11(13(12)17)14(20)19-5-7-22-15(9-19)8-18-4-6-21-10-15/h1-3,18H,4-10H2. The lowest BCUT2D eigenvalue weighted by atomic mass is 10.0. The molecule has 0 bridgehead atoms. The van der Waals surface area contributed by atoms with E-state index in [0.29, 0.717) is 39.5 Å². The van der Waals surface area contributed by atoms with E-state index in [-0.39, 0.29) is 16.5 Å². The van der Waals surface area contributed by atoms with Crippen LogP contribution in [0.4, 0.5) is 4.39 Å². The van der Waals surface area contributed by atoms with E-state index in [0.717, 1.165) is 6.54 Å². The van der Waals surface area contributed by atoms with Crippen LogP contribution in [0.5, 0.6) is 0 Å². The van der Waals surface area contributed by atoms with E-state index >= 15 is 0 Å². The van der Waals surface area contributed by atoms with Crippen LogP contribution in [0.1, 0.15) is 10.4 Å². The molecule has 0 saturated carbocycles. The topological polar surface area (TPSA) is 50.8 Å². The molecule has 1 atom stereocenters. The maximum absolute atomic E-state index is 14.1. The fourth-order valence-electron chi connectivity index (χ4n) is 2.82. The third kappa shape index (κ3) is 3.10. The first-order valence-corrected chi connectivity index (χ1v) is 7.65. The molecular formula is C15H18ClFN2O3. The molecule has 0 aliphatic carbocycles. The lowest BCUT2D eigenvalue weighted by Gasteiger charge is -2.41. The molecule has 2 saturated heterocycles. The summed E-state index contributed by atoms with van der Waals surface area (Å²) in [5, 5.41) is 3.20. The minimum Gasteiger partial charge on any atom is -0.377 e. The Balaban J connectivity index is 1.79. The summed E-state index contributed by atoms with van der Waals surface area (Å²) in [4.78, 5) is 14.2. The zero-order valence-electron chi connectivity index (χ0n) is 12.1. The molecule has 2 aliphatic rings. The van der Waals surface area contributed by atoms with Gasteiger partial charge in [-0.3, -0.25) is 4.79 Å². The van der Waals surface area contributed by atoms with Gasteiger partial charge in [0.2, 0.25) is 0 Å². The highest BCUT2D eigenvalue weighted by molar-refractivity contribution is 6.31. The molecule has 1 aromatic rings. The number of carbonyl (C=O) groups excluding carboxylic acids is 1. The predicted molar refractivity (Wildman–Crippen MR) is 79.7 cm³/mol. The summed E-state index contributed by atoms with van der Waals surface area (Å²) in [6, 6.07) is 4.45. The number of nitrogens with zero attached hydrogens (tertiary/aromatic N) is 1. The van der Waals surface area contributed by atoms with Crippen LogP contribution in [0.25, 0.3) is 0 Å². The van der Waals surface area contributed by atoms with Crippen LogP contribution in [-0.2, 0) is 9.47 Å². The smallest absolute Gasteiger partial charge is 0.257 e. The average Bonchev–Trinajstić information content (AvgIpc) is 2.75. The minimum atomic E-state index is -0.676. The monoisotopic (exact) mass is 328 g/mol. The second-order valence-electron chi connectivity index (χ2n) is 5.59. The van der Waals surface area contributed by atoms with Gasteiger partial charge in [-0.1, -0.05) is 17.7 Å². The first-order valence-electron chi connectivity index (χ1n) is 7.27. The fourth-order valence-corrected chi connectivity index (χ4v) is 3.00. The molecule has 1 spiro atoms. The molecule has 7 heteroatoms. The van der Waals surface area contributed by atoms with E-state index in [1.807, 2.05) is 0 Å². The Kier molecular flexibility index (Phi) is 4.63. The van der Waals surface area contributed by atoms with Crippen LogP contribution >= 0.6 is 11.6 Å². The summed E-state index contributed by atoms with van der Waals surface area (Å²) < 4.78 is 25.5. The van der Waals surface area contributed by atoms with Crippen LogP contribution in [0.2, 0.25) is 5.02 Å². The number of halogens is 2. The number of hydrogen-bond acceptors (Lipinski definition) is 4. The van der Waals surface area contributed by atoms with Crippen LogP contribution in [0.3, 0.4) is 0 Å². The Labute approximate surface area is 133 Å². The van der Waals surface area contributed by atoms with Crippen molar-refractivity contribution in [3.05, 3.63) is 34.6 Å². The predicted octanol–water partition coefficient (Wildman–Crippen LogP) is 1.31. The Morgan fingerprint density at radius 3 is 3.14 bits per heavy atom. The van der Waals surface area contributed by atoms with Gasteiger partial charge >= 0.3 is 0 Å². The molecule has 120 valence electrons. The number of benzene rings is 1. The number of rotatable bonds is 1. The first kappa shape index (κ1) is 15.7. The number of morpholine rings is 1. The van der Waals surface area contributed by atoms with Crippen molar-refractivity contribution in [1.82, 2.24) is 10.2 Å². The van der Waals surface area contributed by atoms with E-state index in [1.54, 1.807) is 11.0 Å². The first-order chi connectivity index (χ1) is 10.6. The Morgan fingerprint density at radius 1 is 1.41 bits per heavy atom. The summed E-state index contributed by atoms with van der Waals surface area (Å²) in [6.07, 6.45) is 0. The summed E-state index contributed by atoms with van der Waals surface area (Å²) in [5.41, 5.74) is -0.577. The summed E-state index contributed by atoms with van der Waals surface area (Å²) in [5.74, 6) is -1.04. The number of carbonyl (C=O) groups is 1. The van der Waals surface area contributed by atoms with Gasteiger partial charge in [0.05, 0.1) is 37.0 Å². The van der Waals surface area contributed by atoms with E-state index < -0.39 is 11.4 Å². The van der Waals surface area contributed by atoms with Crippen molar-refractivity contribution in [3.8, 4) is 0 Å². The van der Waals surface area contributed by atoms with E-state index in [4.69, 9.17) is 21.1 Å². The second kappa shape index (κ2) is 6.50. The van der Waals surface area contributed by atoms with Gasteiger partial charge in [-0.15, -0.1) is 0 Å². The fraction of sp³-hybridized carbons (Fsp3) is 0.533. The van der Waals surface area contributed by atoms with Crippen molar-refractivity contribution >= 4 is 17.5 Å². The molecule has 2 fully saturated rings. The molecule has 1 amide bonds. The van der Waals surface area contributed by atoms with Crippen molar-refractivity contribution < 1.29 is 18.7 Å². The van der Waals surface area contributed by atoms with E-state index in [9.17, 15) is 9.18 Å². The molecule has 0 radical (unpaired) electrons. The number of amides is 1.